The van der Waals surface area contributed by atoms with Gasteiger partial charge in [0.25, 0.3) is 0 Å². The van der Waals surface area contributed by atoms with Crippen molar-refractivity contribution < 1.29 is 13.2 Å². The highest BCUT2D eigenvalue weighted by Crippen LogP contribution is 2.10. The highest BCUT2D eigenvalue weighted by molar-refractivity contribution is 7.89. The molecule has 1 aromatic rings. The van der Waals surface area contributed by atoms with Gasteiger partial charge >= 0.3 is 0 Å². The lowest BCUT2D eigenvalue weighted by Crippen LogP contribution is -2.23. The van der Waals surface area contributed by atoms with Gasteiger partial charge in [-0.25, -0.2) is 13.1 Å². The minimum absolute atomic E-state index is 0.0577. The molecule has 88 valence electrons. The van der Waals surface area contributed by atoms with Crippen LogP contribution < -0.4 is 4.72 Å². The molecule has 4 nitrogen and oxygen atoms in total. The second kappa shape index (κ2) is 5.23. The molecule has 0 atom stereocenters. The van der Waals surface area contributed by atoms with Gasteiger partial charge in [0.05, 0.1) is 4.90 Å². The molecule has 1 aromatic carbocycles. The molecule has 0 fully saturated rings. The zero-order chi connectivity index (χ0) is 12.2. The first-order valence-corrected chi connectivity index (χ1v) is 6.52. The van der Waals surface area contributed by atoms with E-state index in [0.29, 0.717) is 13.0 Å². The summed E-state index contributed by atoms with van der Waals surface area (Å²) < 4.78 is 25.6. The van der Waals surface area contributed by atoms with Crippen LogP contribution in [0.5, 0.6) is 0 Å². The zero-order valence-corrected chi connectivity index (χ0v) is 10.2. The Kier molecular flexibility index (Phi) is 4.20. The van der Waals surface area contributed by atoms with Crippen molar-refractivity contribution in [2.24, 2.45) is 0 Å². The number of sulfonamides is 1. The normalized spacial score (nSPS) is 11.4. The largest absolute Gasteiger partial charge is 0.300 e. The molecule has 5 heteroatoms. The lowest BCUT2D eigenvalue weighted by Gasteiger charge is -2.05. The van der Waals surface area contributed by atoms with Crippen LogP contribution >= 0.6 is 0 Å². The van der Waals surface area contributed by atoms with Crippen molar-refractivity contribution in [3.63, 3.8) is 0 Å². The van der Waals surface area contributed by atoms with E-state index >= 15 is 0 Å². The molecule has 0 aliphatic carbocycles. The molecular weight excluding hydrogens is 226 g/mol. The highest BCUT2D eigenvalue weighted by atomic mass is 32.2. The smallest absolute Gasteiger partial charge is 0.240 e. The Hall–Kier alpha value is -1.20. The molecule has 0 aromatic heterocycles. The quantitative estimate of drug-likeness (QED) is 0.840. The van der Waals surface area contributed by atoms with Crippen molar-refractivity contribution in [3.05, 3.63) is 29.8 Å². The van der Waals surface area contributed by atoms with Gasteiger partial charge in [-0.1, -0.05) is 19.1 Å². The Bertz CT molecular complexity index is 463. The molecule has 1 rings (SSSR count). The minimum atomic E-state index is -3.39. The SMILES string of the molecule is CCNS(=O)(=O)c1ccc(CC(C)=O)cc1. The molecule has 0 bridgehead atoms. The maximum Gasteiger partial charge on any atom is 0.240 e. The number of ketones is 1. The molecule has 0 heterocycles. The number of Topliss-reactive ketones (excluding diaryl/α,β-unsaturated/α-hetero) is 1. The van der Waals surface area contributed by atoms with E-state index in [1.807, 2.05) is 0 Å². The van der Waals surface area contributed by atoms with Gasteiger partial charge in [-0.15, -0.1) is 0 Å². The van der Waals surface area contributed by atoms with Crippen molar-refractivity contribution in [2.75, 3.05) is 6.54 Å². The van der Waals surface area contributed by atoms with E-state index in [0.717, 1.165) is 5.56 Å². The van der Waals surface area contributed by atoms with Crippen LogP contribution in [0.15, 0.2) is 29.2 Å². The number of hydrogen-bond acceptors (Lipinski definition) is 3. The number of benzene rings is 1. The van der Waals surface area contributed by atoms with Crippen LogP contribution in [0.3, 0.4) is 0 Å². The third-order valence-electron chi connectivity index (χ3n) is 2.02. The van der Waals surface area contributed by atoms with Crippen LogP contribution in [-0.4, -0.2) is 20.7 Å². The molecule has 0 spiro atoms. The second-order valence-electron chi connectivity index (χ2n) is 3.52. The first-order chi connectivity index (χ1) is 7.45. The first kappa shape index (κ1) is 12.9. The van der Waals surface area contributed by atoms with Crippen molar-refractivity contribution >= 4 is 15.8 Å². The number of nitrogens with one attached hydrogen (secondary N) is 1. The summed E-state index contributed by atoms with van der Waals surface area (Å²) in [7, 11) is -3.39. The summed E-state index contributed by atoms with van der Waals surface area (Å²) in [6.07, 6.45) is 0.335. The molecular formula is C11H15NO3S. The Labute approximate surface area is 95.7 Å². The average Bonchev–Trinajstić information content (AvgIpc) is 2.17. The Morgan fingerprint density at radius 1 is 1.25 bits per heavy atom. The van der Waals surface area contributed by atoms with Gasteiger partial charge < -0.3 is 0 Å². The van der Waals surface area contributed by atoms with Gasteiger partial charge in [-0.05, 0) is 24.6 Å². The minimum Gasteiger partial charge on any atom is -0.300 e. The van der Waals surface area contributed by atoms with E-state index < -0.39 is 10.0 Å². The molecule has 0 saturated carbocycles. The van der Waals surface area contributed by atoms with E-state index in [4.69, 9.17) is 0 Å². The second-order valence-corrected chi connectivity index (χ2v) is 5.29. The third kappa shape index (κ3) is 3.43. The highest BCUT2D eigenvalue weighted by Gasteiger charge is 2.11. The van der Waals surface area contributed by atoms with Crippen molar-refractivity contribution in [2.45, 2.75) is 25.2 Å². The van der Waals surface area contributed by atoms with Gasteiger partial charge in [0.2, 0.25) is 10.0 Å². The fourth-order valence-electron chi connectivity index (χ4n) is 1.35. The fraction of sp³-hybridized carbons (Fsp3) is 0.364. The lowest BCUT2D eigenvalue weighted by molar-refractivity contribution is -0.116. The number of rotatable bonds is 5. The summed E-state index contributed by atoms with van der Waals surface area (Å²) in [5.41, 5.74) is 0.822. The fourth-order valence-corrected chi connectivity index (χ4v) is 2.39. The molecule has 0 amide bonds. The van der Waals surface area contributed by atoms with Crippen molar-refractivity contribution in [1.82, 2.24) is 4.72 Å². The molecule has 0 saturated heterocycles. The van der Waals surface area contributed by atoms with Gasteiger partial charge in [-0.3, -0.25) is 4.79 Å². The summed E-state index contributed by atoms with van der Waals surface area (Å²) in [6.45, 7) is 3.59. The molecule has 0 radical (unpaired) electrons. The molecule has 1 N–H and O–H groups in total. The van der Waals surface area contributed by atoms with Crippen LogP contribution in [0.2, 0.25) is 0 Å². The van der Waals surface area contributed by atoms with Crippen LogP contribution in [0.25, 0.3) is 0 Å². The summed E-state index contributed by atoms with van der Waals surface area (Å²) in [4.78, 5) is 11.1. The Morgan fingerprint density at radius 3 is 2.25 bits per heavy atom. The van der Waals surface area contributed by atoms with E-state index in [-0.39, 0.29) is 10.7 Å². The van der Waals surface area contributed by atoms with E-state index in [1.54, 1.807) is 19.1 Å². The summed E-state index contributed by atoms with van der Waals surface area (Å²) in [5, 5.41) is 0. The van der Waals surface area contributed by atoms with Gasteiger partial charge in [-0.2, -0.15) is 0 Å². The zero-order valence-electron chi connectivity index (χ0n) is 9.36. The van der Waals surface area contributed by atoms with Crippen molar-refractivity contribution in [1.29, 1.82) is 0 Å². The van der Waals surface area contributed by atoms with Crippen LogP contribution in [0.1, 0.15) is 19.4 Å². The van der Waals surface area contributed by atoms with Gasteiger partial charge in [0.15, 0.2) is 0 Å². The first-order valence-electron chi connectivity index (χ1n) is 5.03. The predicted molar refractivity (Wildman–Crippen MR) is 61.7 cm³/mol. The molecule has 0 aliphatic rings. The monoisotopic (exact) mass is 241 g/mol. The summed E-state index contributed by atoms with van der Waals surface area (Å²) >= 11 is 0. The number of carbonyl (C=O) groups excluding carboxylic acids is 1. The lowest BCUT2D eigenvalue weighted by atomic mass is 10.1. The molecule has 16 heavy (non-hydrogen) atoms. The Balaban J connectivity index is 2.91. The van der Waals surface area contributed by atoms with Crippen LogP contribution in [0, 0.1) is 0 Å². The topological polar surface area (TPSA) is 63.2 Å². The number of carbonyl (C=O) groups is 1. The standard InChI is InChI=1S/C11H15NO3S/c1-3-12-16(14,15)11-6-4-10(5-7-11)8-9(2)13/h4-7,12H,3,8H2,1-2H3. The molecule has 0 unspecified atom stereocenters. The van der Waals surface area contributed by atoms with Gasteiger partial charge in [0.1, 0.15) is 5.78 Å². The van der Waals surface area contributed by atoms with E-state index in [9.17, 15) is 13.2 Å². The maximum absolute atomic E-state index is 11.6. The van der Waals surface area contributed by atoms with Crippen LogP contribution in [0.4, 0.5) is 0 Å². The summed E-state index contributed by atoms with van der Waals surface area (Å²) in [5.74, 6) is 0.0577. The predicted octanol–water partition coefficient (Wildman–Crippen LogP) is 1.12. The van der Waals surface area contributed by atoms with E-state index in [2.05, 4.69) is 4.72 Å². The van der Waals surface area contributed by atoms with Gasteiger partial charge in [0, 0.05) is 13.0 Å². The Morgan fingerprint density at radius 2 is 1.81 bits per heavy atom. The average molecular weight is 241 g/mol. The number of hydrogen-bond donors (Lipinski definition) is 1. The third-order valence-corrected chi connectivity index (χ3v) is 3.58. The summed E-state index contributed by atoms with van der Waals surface area (Å²) in [6, 6.07) is 6.34. The van der Waals surface area contributed by atoms with E-state index in [1.165, 1.54) is 19.1 Å². The van der Waals surface area contributed by atoms with Crippen molar-refractivity contribution in [3.8, 4) is 0 Å². The maximum atomic E-state index is 11.6. The van der Waals surface area contributed by atoms with Crippen LogP contribution in [-0.2, 0) is 21.2 Å². The molecule has 0 aliphatic heterocycles.